The molecular formula is C13H23N3O2S. The van der Waals surface area contributed by atoms with Crippen molar-refractivity contribution in [2.24, 2.45) is 0 Å². The molecule has 0 saturated carbocycles. The molecule has 0 radical (unpaired) electrons. The molecule has 1 atom stereocenters. The average molecular weight is 285 g/mol. The first kappa shape index (κ1) is 15.8. The predicted molar refractivity (Wildman–Crippen MR) is 79.7 cm³/mol. The third kappa shape index (κ3) is 3.84. The smallest absolute Gasteiger partial charge is 0.242 e. The topological polar surface area (TPSA) is 75.4 Å². The van der Waals surface area contributed by atoms with E-state index in [0.717, 1.165) is 12.8 Å². The Hall–Kier alpha value is -1.27. The zero-order chi connectivity index (χ0) is 14.6. The Labute approximate surface area is 115 Å². The van der Waals surface area contributed by atoms with Gasteiger partial charge in [0.2, 0.25) is 10.0 Å². The largest absolute Gasteiger partial charge is 0.397 e. The Morgan fingerprint density at radius 2 is 2.00 bits per heavy atom. The first-order chi connectivity index (χ1) is 8.78. The van der Waals surface area contributed by atoms with Crippen LogP contribution in [0.5, 0.6) is 0 Å². The molecule has 19 heavy (non-hydrogen) atoms. The molecule has 3 N–H and O–H groups in total. The maximum Gasteiger partial charge on any atom is 0.242 e. The minimum atomic E-state index is -3.43. The molecule has 0 aliphatic heterocycles. The Bertz CT molecular complexity index is 527. The number of sulfonamides is 1. The van der Waals surface area contributed by atoms with Crippen molar-refractivity contribution in [2.45, 2.75) is 37.6 Å². The number of hydrogen-bond acceptors (Lipinski definition) is 4. The minimum absolute atomic E-state index is 0.248. The van der Waals surface area contributed by atoms with Crippen LogP contribution in [-0.4, -0.2) is 32.9 Å². The van der Waals surface area contributed by atoms with Crippen LogP contribution < -0.4 is 11.1 Å². The quantitative estimate of drug-likeness (QED) is 0.785. The van der Waals surface area contributed by atoms with E-state index in [2.05, 4.69) is 19.2 Å². The van der Waals surface area contributed by atoms with Crippen molar-refractivity contribution in [3.63, 3.8) is 0 Å². The molecular weight excluding hydrogens is 262 g/mol. The summed E-state index contributed by atoms with van der Waals surface area (Å²) < 4.78 is 25.3. The molecule has 1 unspecified atom stereocenters. The molecule has 0 aromatic heterocycles. The van der Waals surface area contributed by atoms with E-state index in [1.54, 1.807) is 12.1 Å². The Balaban J connectivity index is 3.08. The van der Waals surface area contributed by atoms with Crippen molar-refractivity contribution in [2.75, 3.05) is 25.1 Å². The number of nitrogen functional groups attached to an aromatic ring is 1. The molecule has 0 saturated heterocycles. The summed E-state index contributed by atoms with van der Waals surface area (Å²) in [6, 6.07) is 5.00. The van der Waals surface area contributed by atoms with E-state index in [1.807, 2.05) is 0 Å². The fourth-order valence-corrected chi connectivity index (χ4v) is 2.73. The van der Waals surface area contributed by atoms with Crippen LogP contribution in [0, 0.1) is 0 Å². The lowest BCUT2D eigenvalue weighted by Crippen LogP contribution is -2.23. The van der Waals surface area contributed by atoms with Crippen LogP contribution in [0.3, 0.4) is 0 Å². The van der Waals surface area contributed by atoms with Gasteiger partial charge in [0.25, 0.3) is 0 Å². The second kappa shape index (κ2) is 6.25. The van der Waals surface area contributed by atoms with Gasteiger partial charge < -0.3 is 11.1 Å². The monoisotopic (exact) mass is 285 g/mol. The van der Waals surface area contributed by atoms with Gasteiger partial charge in [0.1, 0.15) is 0 Å². The maximum absolute atomic E-state index is 12.1. The molecule has 108 valence electrons. The van der Waals surface area contributed by atoms with Gasteiger partial charge in [0, 0.05) is 20.1 Å². The zero-order valence-corrected chi connectivity index (χ0v) is 12.8. The SMILES string of the molecule is CCCC(C)Nc1cc(S(=O)(=O)N(C)C)ccc1N. The second-order valence-electron chi connectivity index (χ2n) is 4.87. The molecule has 1 rings (SSSR count). The normalized spacial score (nSPS) is 13.5. The third-order valence-corrected chi connectivity index (χ3v) is 4.74. The van der Waals surface area contributed by atoms with Crippen LogP contribution in [-0.2, 0) is 10.0 Å². The summed E-state index contributed by atoms with van der Waals surface area (Å²) in [7, 11) is -0.402. The van der Waals surface area contributed by atoms with Crippen molar-refractivity contribution in [1.29, 1.82) is 0 Å². The number of rotatable bonds is 6. The van der Waals surface area contributed by atoms with Crippen molar-refractivity contribution >= 4 is 21.4 Å². The Kier molecular flexibility index (Phi) is 5.20. The molecule has 0 aliphatic carbocycles. The Morgan fingerprint density at radius 3 is 2.53 bits per heavy atom. The minimum Gasteiger partial charge on any atom is -0.397 e. The van der Waals surface area contributed by atoms with Gasteiger partial charge in [-0.3, -0.25) is 0 Å². The molecule has 1 aromatic rings. The van der Waals surface area contributed by atoms with E-state index in [4.69, 9.17) is 5.73 Å². The van der Waals surface area contributed by atoms with Crippen molar-refractivity contribution in [3.8, 4) is 0 Å². The van der Waals surface area contributed by atoms with Gasteiger partial charge >= 0.3 is 0 Å². The van der Waals surface area contributed by atoms with E-state index < -0.39 is 10.0 Å². The van der Waals surface area contributed by atoms with E-state index in [0.29, 0.717) is 11.4 Å². The van der Waals surface area contributed by atoms with E-state index in [1.165, 1.54) is 24.5 Å². The number of nitrogens with zero attached hydrogens (tertiary/aromatic N) is 1. The Morgan fingerprint density at radius 1 is 1.37 bits per heavy atom. The second-order valence-corrected chi connectivity index (χ2v) is 7.02. The molecule has 0 spiro atoms. The lowest BCUT2D eigenvalue weighted by molar-refractivity contribution is 0.521. The van der Waals surface area contributed by atoms with Crippen molar-refractivity contribution in [1.82, 2.24) is 4.31 Å². The van der Waals surface area contributed by atoms with Crippen LogP contribution >= 0.6 is 0 Å². The van der Waals surface area contributed by atoms with Gasteiger partial charge in [-0.1, -0.05) is 13.3 Å². The van der Waals surface area contributed by atoms with Crippen LogP contribution in [0.2, 0.25) is 0 Å². The highest BCUT2D eigenvalue weighted by Crippen LogP contribution is 2.25. The molecule has 5 nitrogen and oxygen atoms in total. The average Bonchev–Trinajstić information content (AvgIpc) is 2.31. The van der Waals surface area contributed by atoms with Gasteiger partial charge in [-0.2, -0.15) is 0 Å². The van der Waals surface area contributed by atoms with Crippen LogP contribution in [0.25, 0.3) is 0 Å². The maximum atomic E-state index is 12.1. The van der Waals surface area contributed by atoms with Gasteiger partial charge in [-0.05, 0) is 31.5 Å². The molecule has 6 heteroatoms. The van der Waals surface area contributed by atoms with Gasteiger partial charge in [-0.15, -0.1) is 0 Å². The highest BCUT2D eigenvalue weighted by molar-refractivity contribution is 7.89. The van der Waals surface area contributed by atoms with Crippen LogP contribution in [0.4, 0.5) is 11.4 Å². The number of nitrogens with one attached hydrogen (secondary N) is 1. The lowest BCUT2D eigenvalue weighted by Gasteiger charge is -2.18. The third-order valence-electron chi connectivity index (χ3n) is 2.93. The first-order valence-electron chi connectivity index (χ1n) is 6.37. The molecule has 0 bridgehead atoms. The highest BCUT2D eigenvalue weighted by Gasteiger charge is 2.18. The molecule has 0 fully saturated rings. The summed E-state index contributed by atoms with van der Waals surface area (Å²) in [4.78, 5) is 0.248. The van der Waals surface area contributed by atoms with Crippen LogP contribution in [0.15, 0.2) is 23.1 Å². The fraction of sp³-hybridized carbons (Fsp3) is 0.538. The van der Waals surface area contributed by atoms with Crippen molar-refractivity contribution < 1.29 is 8.42 Å². The van der Waals surface area contributed by atoms with Gasteiger partial charge in [0.05, 0.1) is 16.3 Å². The summed E-state index contributed by atoms with van der Waals surface area (Å²) in [5.74, 6) is 0. The molecule has 0 aliphatic rings. The summed E-state index contributed by atoms with van der Waals surface area (Å²) >= 11 is 0. The molecule has 0 amide bonds. The molecule has 0 heterocycles. The van der Waals surface area contributed by atoms with E-state index in [9.17, 15) is 8.42 Å². The fourth-order valence-electron chi connectivity index (χ4n) is 1.80. The van der Waals surface area contributed by atoms with E-state index in [-0.39, 0.29) is 10.9 Å². The summed E-state index contributed by atoms with van der Waals surface area (Å²) in [6.07, 6.45) is 2.06. The highest BCUT2D eigenvalue weighted by atomic mass is 32.2. The lowest BCUT2D eigenvalue weighted by atomic mass is 10.2. The number of nitrogens with two attached hydrogens (primary N) is 1. The van der Waals surface area contributed by atoms with E-state index >= 15 is 0 Å². The van der Waals surface area contributed by atoms with Gasteiger partial charge in [0.15, 0.2) is 0 Å². The summed E-state index contributed by atoms with van der Waals surface area (Å²) in [6.45, 7) is 4.16. The summed E-state index contributed by atoms with van der Waals surface area (Å²) in [5.41, 5.74) is 7.11. The molecule has 1 aromatic carbocycles. The number of hydrogen-bond donors (Lipinski definition) is 2. The summed E-state index contributed by atoms with van der Waals surface area (Å²) in [5, 5.41) is 3.25. The number of anilines is 2. The van der Waals surface area contributed by atoms with Gasteiger partial charge in [-0.25, -0.2) is 12.7 Å². The predicted octanol–water partition coefficient (Wildman–Crippen LogP) is 2.12. The van der Waals surface area contributed by atoms with Crippen LogP contribution in [0.1, 0.15) is 26.7 Å². The first-order valence-corrected chi connectivity index (χ1v) is 7.81. The standard InChI is InChI=1S/C13H23N3O2S/c1-5-6-10(2)15-13-9-11(7-8-12(13)14)19(17,18)16(3)4/h7-10,15H,5-6,14H2,1-4H3. The van der Waals surface area contributed by atoms with Crippen molar-refractivity contribution in [3.05, 3.63) is 18.2 Å². The number of benzene rings is 1. The zero-order valence-electron chi connectivity index (χ0n) is 12.0.